The summed E-state index contributed by atoms with van der Waals surface area (Å²) in [5.74, 6) is -1.97. The summed E-state index contributed by atoms with van der Waals surface area (Å²) in [6, 6.07) is 5.56. The Morgan fingerprint density at radius 3 is 2.56 bits per heavy atom. The monoisotopic (exact) mass is 223 g/mol. The zero-order valence-corrected chi connectivity index (χ0v) is 8.80. The number of carboxylic acids is 2. The summed E-state index contributed by atoms with van der Waals surface area (Å²) >= 11 is 0. The lowest BCUT2D eigenvalue weighted by molar-refractivity contribution is -0.139. The standard InChI is InChI=1S/C11H13NO4/c1-12-9(11(15)16)6-7-3-2-4-8(5-7)10(13)14/h2-5,9,12H,6H2,1H3,(H,13,14)(H,15,16). The fraction of sp³-hybridized carbons (Fsp3) is 0.273. The Morgan fingerprint density at radius 1 is 1.38 bits per heavy atom. The molecule has 3 N–H and O–H groups in total. The molecule has 0 radical (unpaired) electrons. The highest BCUT2D eigenvalue weighted by Crippen LogP contribution is 2.08. The minimum atomic E-state index is -1.02. The fourth-order valence-corrected chi connectivity index (χ4v) is 1.38. The zero-order chi connectivity index (χ0) is 12.1. The Bertz CT molecular complexity index is 403. The van der Waals surface area contributed by atoms with E-state index in [0.29, 0.717) is 5.56 Å². The second-order valence-electron chi connectivity index (χ2n) is 3.39. The van der Waals surface area contributed by atoms with Crippen molar-refractivity contribution in [2.75, 3.05) is 7.05 Å². The van der Waals surface area contributed by atoms with Gasteiger partial charge in [-0.2, -0.15) is 0 Å². The highest BCUT2D eigenvalue weighted by atomic mass is 16.4. The van der Waals surface area contributed by atoms with E-state index in [1.54, 1.807) is 19.2 Å². The maximum Gasteiger partial charge on any atom is 0.335 e. The Kier molecular flexibility index (Phi) is 4.02. The van der Waals surface area contributed by atoms with E-state index in [9.17, 15) is 9.59 Å². The van der Waals surface area contributed by atoms with Gasteiger partial charge < -0.3 is 15.5 Å². The third kappa shape index (κ3) is 3.06. The van der Waals surface area contributed by atoms with Gasteiger partial charge in [-0.25, -0.2) is 4.79 Å². The van der Waals surface area contributed by atoms with Crippen molar-refractivity contribution in [2.45, 2.75) is 12.5 Å². The van der Waals surface area contributed by atoms with E-state index in [2.05, 4.69) is 5.32 Å². The molecule has 0 aliphatic heterocycles. The summed E-state index contributed by atoms with van der Waals surface area (Å²) in [5, 5.41) is 20.3. The van der Waals surface area contributed by atoms with Crippen LogP contribution in [0.1, 0.15) is 15.9 Å². The van der Waals surface area contributed by atoms with Crippen LogP contribution in [0.3, 0.4) is 0 Å². The minimum absolute atomic E-state index is 0.165. The number of rotatable bonds is 5. The molecule has 1 aromatic carbocycles. The molecule has 86 valence electrons. The van der Waals surface area contributed by atoms with Crippen LogP contribution in [0.5, 0.6) is 0 Å². The number of benzene rings is 1. The summed E-state index contributed by atoms with van der Waals surface area (Å²) in [7, 11) is 1.56. The lowest BCUT2D eigenvalue weighted by Gasteiger charge is -2.11. The minimum Gasteiger partial charge on any atom is -0.480 e. The molecule has 1 rings (SSSR count). The van der Waals surface area contributed by atoms with Crippen molar-refractivity contribution >= 4 is 11.9 Å². The van der Waals surface area contributed by atoms with Crippen molar-refractivity contribution in [2.24, 2.45) is 0 Å². The first-order chi connectivity index (χ1) is 7.54. The van der Waals surface area contributed by atoms with E-state index in [4.69, 9.17) is 10.2 Å². The van der Waals surface area contributed by atoms with Crippen LogP contribution in [-0.4, -0.2) is 35.2 Å². The highest BCUT2D eigenvalue weighted by molar-refractivity contribution is 5.87. The van der Waals surface area contributed by atoms with Gasteiger partial charge in [0, 0.05) is 0 Å². The number of carboxylic acid groups (broad SMARTS) is 2. The normalized spacial score (nSPS) is 12.1. The number of aromatic carboxylic acids is 1. The van der Waals surface area contributed by atoms with Gasteiger partial charge in [0.1, 0.15) is 6.04 Å². The van der Waals surface area contributed by atoms with Crippen LogP contribution < -0.4 is 5.32 Å². The smallest absolute Gasteiger partial charge is 0.335 e. The van der Waals surface area contributed by atoms with Crippen LogP contribution >= 0.6 is 0 Å². The highest BCUT2D eigenvalue weighted by Gasteiger charge is 2.15. The van der Waals surface area contributed by atoms with Gasteiger partial charge in [0.05, 0.1) is 5.56 Å². The van der Waals surface area contributed by atoms with Crippen molar-refractivity contribution in [3.8, 4) is 0 Å². The first kappa shape index (κ1) is 12.2. The summed E-state index contributed by atoms with van der Waals surface area (Å²) in [5.41, 5.74) is 0.847. The van der Waals surface area contributed by atoms with Crippen molar-refractivity contribution in [3.05, 3.63) is 35.4 Å². The average molecular weight is 223 g/mol. The molecule has 0 saturated heterocycles. The molecule has 1 aromatic rings. The number of hydrogen-bond acceptors (Lipinski definition) is 3. The maximum atomic E-state index is 10.8. The molecule has 0 aliphatic rings. The lowest BCUT2D eigenvalue weighted by Crippen LogP contribution is -2.35. The molecule has 1 unspecified atom stereocenters. The molecule has 0 bridgehead atoms. The van der Waals surface area contributed by atoms with Crippen LogP contribution in [0, 0.1) is 0 Å². The Hall–Kier alpha value is -1.88. The predicted molar refractivity (Wildman–Crippen MR) is 57.6 cm³/mol. The Balaban J connectivity index is 2.84. The maximum absolute atomic E-state index is 10.8. The molecule has 0 amide bonds. The van der Waals surface area contributed by atoms with Gasteiger partial charge in [0.15, 0.2) is 0 Å². The van der Waals surface area contributed by atoms with Gasteiger partial charge in [-0.05, 0) is 31.2 Å². The molecule has 0 heterocycles. The second kappa shape index (κ2) is 5.27. The van der Waals surface area contributed by atoms with Crippen LogP contribution in [-0.2, 0) is 11.2 Å². The van der Waals surface area contributed by atoms with Gasteiger partial charge in [-0.1, -0.05) is 12.1 Å². The van der Waals surface area contributed by atoms with Gasteiger partial charge in [0.2, 0.25) is 0 Å². The number of nitrogens with one attached hydrogen (secondary N) is 1. The van der Waals surface area contributed by atoms with Crippen molar-refractivity contribution < 1.29 is 19.8 Å². The zero-order valence-electron chi connectivity index (χ0n) is 8.80. The molecule has 0 saturated carbocycles. The molecule has 0 aromatic heterocycles. The SMILES string of the molecule is CNC(Cc1cccc(C(=O)O)c1)C(=O)O. The number of aliphatic carboxylic acids is 1. The largest absolute Gasteiger partial charge is 0.480 e. The first-order valence-electron chi connectivity index (χ1n) is 4.77. The molecule has 0 fully saturated rings. The van der Waals surface area contributed by atoms with Gasteiger partial charge in [-0.3, -0.25) is 4.79 Å². The van der Waals surface area contributed by atoms with Gasteiger partial charge in [-0.15, -0.1) is 0 Å². The Labute approximate surface area is 92.7 Å². The second-order valence-corrected chi connectivity index (χ2v) is 3.39. The van der Waals surface area contributed by atoms with Crippen LogP contribution in [0.4, 0.5) is 0 Å². The Morgan fingerprint density at radius 2 is 2.06 bits per heavy atom. The van der Waals surface area contributed by atoms with Crippen molar-refractivity contribution in [1.29, 1.82) is 0 Å². The molecule has 1 atom stereocenters. The van der Waals surface area contributed by atoms with E-state index in [0.717, 1.165) is 0 Å². The molecule has 0 aliphatic carbocycles. The topological polar surface area (TPSA) is 86.6 Å². The van der Waals surface area contributed by atoms with E-state index in [1.165, 1.54) is 12.1 Å². The third-order valence-electron chi connectivity index (χ3n) is 2.26. The summed E-state index contributed by atoms with van der Waals surface area (Å²) < 4.78 is 0. The molecule has 5 nitrogen and oxygen atoms in total. The molecular formula is C11H13NO4. The molecule has 0 spiro atoms. The van der Waals surface area contributed by atoms with E-state index in [1.807, 2.05) is 0 Å². The molecule has 16 heavy (non-hydrogen) atoms. The molecule has 5 heteroatoms. The lowest BCUT2D eigenvalue weighted by atomic mass is 10.0. The molecular weight excluding hydrogens is 210 g/mol. The van der Waals surface area contributed by atoms with Crippen LogP contribution in [0.25, 0.3) is 0 Å². The van der Waals surface area contributed by atoms with Crippen molar-refractivity contribution in [1.82, 2.24) is 5.32 Å². The van der Waals surface area contributed by atoms with E-state index >= 15 is 0 Å². The predicted octanol–water partition coefficient (Wildman–Crippen LogP) is 0.600. The third-order valence-corrected chi connectivity index (χ3v) is 2.26. The van der Waals surface area contributed by atoms with Crippen LogP contribution in [0.2, 0.25) is 0 Å². The average Bonchev–Trinajstić information content (AvgIpc) is 2.25. The first-order valence-corrected chi connectivity index (χ1v) is 4.77. The number of hydrogen-bond donors (Lipinski definition) is 3. The number of carbonyl (C=O) groups is 2. The van der Waals surface area contributed by atoms with Crippen molar-refractivity contribution in [3.63, 3.8) is 0 Å². The van der Waals surface area contributed by atoms with E-state index in [-0.39, 0.29) is 12.0 Å². The van der Waals surface area contributed by atoms with E-state index < -0.39 is 18.0 Å². The fourth-order valence-electron chi connectivity index (χ4n) is 1.38. The number of likely N-dealkylation sites (N-methyl/N-ethyl adjacent to an activating group) is 1. The summed E-state index contributed by atoms with van der Waals surface area (Å²) in [4.78, 5) is 21.5. The van der Waals surface area contributed by atoms with Crippen LogP contribution in [0.15, 0.2) is 24.3 Å². The summed E-state index contributed by atoms with van der Waals surface area (Å²) in [6.45, 7) is 0. The van der Waals surface area contributed by atoms with Gasteiger partial charge in [0.25, 0.3) is 0 Å². The van der Waals surface area contributed by atoms with Gasteiger partial charge >= 0.3 is 11.9 Å². The quantitative estimate of drug-likeness (QED) is 0.680. The summed E-state index contributed by atoms with van der Waals surface area (Å²) in [6.07, 6.45) is 0.257.